The second kappa shape index (κ2) is 4.38. The van der Waals surface area contributed by atoms with Gasteiger partial charge in [-0.05, 0) is 31.5 Å². The quantitative estimate of drug-likeness (QED) is 0.837. The molecule has 6 heteroatoms. The molecular weight excluding hydrogens is 235 g/mol. The van der Waals surface area contributed by atoms with Gasteiger partial charge in [0.2, 0.25) is 0 Å². The standard InChI is InChI=1S/C12H13FN4O/c13-8-4-1-2-6-10(8)17-11(15-16-12(17)18)9-5-3-7-14-9/h1-2,4,6,9,14H,3,5,7H2,(H,16,18). The molecule has 2 aromatic rings. The van der Waals surface area contributed by atoms with Gasteiger partial charge in [0.05, 0.1) is 11.7 Å². The van der Waals surface area contributed by atoms with E-state index in [1.54, 1.807) is 18.2 Å². The molecule has 1 saturated heterocycles. The number of hydrogen-bond donors (Lipinski definition) is 2. The van der Waals surface area contributed by atoms with Crippen molar-refractivity contribution in [3.63, 3.8) is 0 Å². The summed E-state index contributed by atoms with van der Waals surface area (Å²) < 4.78 is 15.1. The number of benzene rings is 1. The Bertz CT molecular complexity index is 613. The number of nitrogens with zero attached hydrogens (tertiary/aromatic N) is 2. The molecule has 0 aliphatic carbocycles. The van der Waals surface area contributed by atoms with Crippen LogP contribution < -0.4 is 11.0 Å². The van der Waals surface area contributed by atoms with Crippen molar-refractivity contribution in [2.75, 3.05) is 6.54 Å². The van der Waals surface area contributed by atoms with E-state index >= 15 is 0 Å². The smallest absolute Gasteiger partial charge is 0.307 e. The molecule has 1 atom stereocenters. The number of nitrogens with one attached hydrogen (secondary N) is 2. The minimum Gasteiger partial charge on any atom is -0.307 e. The fraction of sp³-hybridized carbons (Fsp3) is 0.333. The normalized spacial score (nSPS) is 19.3. The van der Waals surface area contributed by atoms with Gasteiger partial charge in [-0.15, -0.1) is 0 Å². The average Bonchev–Trinajstić information content (AvgIpc) is 2.99. The lowest BCUT2D eigenvalue weighted by Crippen LogP contribution is -2.23. The molecule has 5 nitrogen and oxygen atoms in total. The number of hydrogen-bond acceptors (Lipinski definition) is 3. The van der Waals surface area contributed by atoms with Crippen LogP contribution in [0.1, 0.15) is 24.7 Å². The number of aromatic nitrogens is 3. The zero-order chi connectivity index (χ0) is 12.5. The van der Waals surface area contributed by atoms with Crippen molar-refractivity contribution in [2.24, 2.45) is 0 Å². The third-order valence-corrected chi connectivity index (χ3v) is 3.16. The molecule has 0 saturated carbocycles. The van der Waals surface area contributed by atoms with Crippen LogP contribution in [-0.2, 0) is 0 Å². The van der Waals surface area contributed by atoms with Crippen LogP contribution >= 0.6 is 0 Å². The molecule has 0 spiro atoms. The van der Waals surface area contributed by atoms with E-state index in [9.17, 15) is 9.18 Å². The van der Waals surface area contributed by atoms with Gasteiger partial charge >= 0.3 is 5.69 Å². The van der Waals surface area contributed by atoms with Crippen molar-refractivity contribution < 1.29 is 4.39 Å². The molecule has 94 valence electrons. The lowest BCUT2D eigenvalue weighted by Gasteiger charge is -2.11. The van der Waals surface area contributed by atoms with Crippen molar-refractivity contribution in [2.45, 2.75) is 18.9 Å². The Morgan fingerprint density at radius 1 is 1.39 bits per heavy atom. The van der Waals surface area contributed by atoms with Crippen LogP contribution in [0.3, 0.4) is 0 Å². The van der Waals surface area contributed by atoms with E-state index < -0.39 is 11.5 Å². The highest BCUT2D eigenvalue weighted by Gasteiger charge is 2.24. The first-order valence-electron chi connectivity index (χ1n) is 5.93. The van der Waals surface area contributed by atoms with Gasteiger partial charge in [0.1, 0.15) is 5.82 Å². The minimum atomic E-state index is -0.430. The molecule has 1 aromatic heterocycles. The number of halogens is 1. The molecule has 1 unspecified atom stereocenters. The van der Waals surface area contributed by atoms with Gasteiger partial charge in [-0.3, -0.25) is 0 Å². The fourth-order valence-corrected chi connectivity index (χ4v) is 2.31. The molecule has 0 bridgehead atoms. The van der Waals surface area contributed by atoms with Gasteiger partial charge in [0.15, 0.2) is 5.82 Å². The Hall–Kier alpha value is -1.95. The summed E-state index contributed by atoms with van der Waals surface area (Å²) >= 11 is 0. The number of rotatable bonds is 2. The maximum absolute atomic E-state index is 13.8. The molecule has 1 aromatic carbocycles. The van der Waals surface area contributed by atoms with Gasteiger partial charge in [0.25, 0.3) is 0 Å². The summed E-state index contributed by atoms with van der Waals surface area (Å²) in [5.74, 6) is 0.114. The monoisotopic (exact) mass is 248 g/mol. The first-order chi connectivity index (χ1) is 8.77. The van der Waals surface area contributed by atoms with Crippen molar-refractivity contribution in [1.29, 1.82) is 0 Å². The van der Waals surface area contributed by atoms with E-state index in [0.717, 1.165) is 19.4 Å². The van der Waals surface area contributed by atoms with E-state index in [4.69, 9.17) is 0 Å². The van der Waals surface area contributed by atoms with E-state index in [0.29, 0.717) is 5.82 Å². The van der Waals surface area contributed by atoms with Crippen LogP contribution in [0.2, 0.25) is 0 Å². The summed E-state index contributed by atoms with van der Waals surface area (Å²) in [5.41, 5.74) is -0.177. The topological polar surface area (TPSA) is 62.7 Å². The van der Waals surface area contributed by atoms with Crippen LogP contribution in [0.4, 0.5) is 4.39 Å². The van der Waals surface area contributed by atoms with Gasteiger partial charge in [-0.2, -0.15) is 5.10 Å². The number of H-pyrrole nitrogens is 1. The lowest BCUT2D eigenvalue weighted by atomic mass is 10.2. The van der Waals surface area contributed by atoms with E-state index in [2.05, 4.69) is 15.5 Å². The average molecular weight is 248 g/mol. The molecule has 2 N–H and O–H groups in total. The SMILES string of the molecule is O=c1[nH]nc(C2CCCN2)n1-c1ccccc1F. The molecule has 3 rings (SSSR count). The zero-order valence-electron chi connectivity index (χ0n) is 9.69. The summed E-state index contributed by atoms with van der Waals surface area (Å²) in [4.78, 5) is 11.8. The van der Waals surface area contributed by atoms with Gasteiger partial charge < -0.3 is 5.32 Å². The second-order valence-electron chi connectivity index (χ2n) is 4.32. The number of aromatic amines is 1. The Morgan fingerprint density at radius 3 is 2.94 bits per heavy atom. The largest absolute Gasteiger partial charge is 0.348 e. The Kier molecular flexibility index (Phi) is 2.71. The summed E-state index contributed by atoms with van der Waals surface area (Å²) in [6.07, 6.45) is 1.93. The summed E-state index contributed by atoms with van der Waals surface area (Å²) in [6.45, 7) is 0.892. The fourth-order valence-electron chi connectivity index (χ4n) is 2.31. The predicted molar refractivity (Wildman–Crippen MR) is 64.1 cm³/mol. The third-order valence-electron chi connectivity index (χ3n) is 3.16. The first-order valence-corrected chi connectivity index (χ1v) is 5.93. The van der Waals surface area contributed by atoms with Crippen molar-refractivity contribution in [3.8, 4) is 5.69 Å². The van der Waals surface area contributed by atoms with Gasteiger partial charge in [-0.25, -0.2) is 18.9 Å². The maximum Gasteiger partial charge on any atom is 0.348 e. The Labute approximate surface area is 103 Å². The Balaban J connectivity index is 2.14. The molecule has 1 aliphatic rings. The molecule has 1 fully saturated rings. The second-order valence-corrected chi connectivity index (χ2v) is 4.32. The van der Waals surface area contributed by atoms with E-state index in [1.165, 1.54) is 10.6 Å². The predicted octanol–water partition coefficient (Wildman–Crippen LogP) is 1.12. The first kappa shape index (κ1) is 11.2. The van der Waals surface area contributed by atoms with Crippen LogP contribution in [0, 0.1) is 5.82 Å². The van der Waals surface area contributed by atoms with Crippen molar-refractivity contribution in [3.05, 3.63) is 46.4 Å². The van der Waals surface area contributed by atoms with E-state index in [1.807, 2.05) is 0 Å². The minimum absolute atomic E-state index is 0.00329. The highest BCUT2D eigenvalue weighted by atomic mass is 19.1. The summed E-state index contributed by atoms with van der Waals surface area (Å²) in [7, 11) is 0. The van der Waals surface area contributed by atoms with Crippen molar-refractivity contribution >= 4 is 0 Å². The lowest BCUT2D eigenvalue weighted by molar-refractivity contribution is 0.574. The van der Waals surface area contributed by atoms with Crippen LogP contribution in [0.5, 0.6) is 0 Å². The van der Waals surface area contributed by atoms with Gasteiger partial charge in [-0.1, -0.05) is 12.1 Å². The summed E-state index contributed by atoms with van der Waals surface area (Å²) in [6, 6.07) is 6.20. The van der Waals surface area contributed by atoms with Crippen LogP contribution in [0.15, 0.2) is 29.1 Å². The number of para-hydroxylation sites is 1. The zero-order valence-corrected chi connectivity index (χ0v) is 9.69. The molecule has 0 amide bonds. The molecule has 1 aliphatic heterocycles. The molecule has 2 heterocycles. The van der Waals surface area contributed by atoms with Crippen LogP contribution in [0.25, 0.3) is 5.69 Å². The highest BCUT2D eigenvalue weighted by molar-refractivity contribution is 5.34. The van der Waals surface area contributed by atoms with Crippen LogP contribution in [-0.4, -0.2) is 21.3 Å². The van der Waals surface area contributed by atoms with E-state index in [-0.39, 0.29) is 11.7 Å². The Morgan fingerprint density at radius 2 is 2.22 bits per heavy atom. The maximum atomic E-state index is 13.8. The highest BCUT2D eigenvalue weighted by Crippen LogP contribution is 2.22. The van der Waals surface area contributed by atoms with Gasteiger partial charge in [0, 0.05) is 0 Å². The summed E-state index contributed by atoms with van der Waals surface area (Å²) in [5, 5.41) is 9.65. The third kappa shape index (κ3) is 1.74. The van der Waals surface area contributed by atoms with Crippen molar-refractivity contribution in [1.82, 2.24) is 20.1 Å². The molecule has 0 radical (unpaired) electrons. The molecule has 18 heavy (non-hydrogen) atoms. The molecular formula is C12H13FN4O.